The summed E-state index contributed by atoms with van der Waals surface area (Å²) in [6, 6.07) is 13.5. The van der Waals surface area contributed by atoms with E-state index in [1.54, 1.807) is 30.3 Å². The van der Waals surface area contributed by atoms with Gasteiger partial charge in [0.25, 0.3) is 5.91 Å². The van der Waals surface area contributed by atoms with Gasteiger partial charge in [-0.25, -0.2) is 13.1 Å². The highest BCUT2D eigenvalue weighted by molar-refractivity contribution is 7.89. The van der Waals surface area contributed by atoms with Crippen LogP contribution in [0.3, 0.4) is 0 Å². The van der Waals surface area contributed by atoms with Gasteiger partial charge in [-0.1, -0.05) is 58.1 Å². The molecule has 2 aromatic carbocycles. The van der Waals surface area contributed by atoms with E-state index in [4.69, 9.17) is 4.74 Å². The number of ether oxygens (including phenoxy) is 1. The van der Waals surface area contributed by atoms with E-state index in [-0.39, 0.29) is 27.8 Å². The lowest BCUT2D eigenvalue weighted by molar-refractivity contribution is -0.923. The predicted molar refractivity (Wildman–Crippen MR) is 156 cm³/mol. The number of benzene rings is 2. The fraction of sp³-hybridized carbons (Fsp3) is 0.567. The first-order valence-corrected chi connectivity index (χ1v) is 15.8. The Kier molecular flexibility index (Phi) is 16.6. The van der Waals surface area contributed by atoms with Crippen molar-refractivity contribution in [3.05, 3.63) is 54.1 Å². The first-order chi connectivity index (χ1) is 18.3. The number of carbonyl (C=O) groups is 1. The normalized spacial score (nSPS) is 11.6. The molecule has 0 bridgehead atoms. The van der Waals surface area contributed by atoms with E-state index >= 15 is 0 Å². The number of carbonyl (C=O) groups excluding carboxylic acids is 1. The Labute approximate surface area is 247 Å². The SMILES string of the molecule is CCCCCCCOc1ccccc1C(=O)Nc1ccc(S(=O)(=O)NCC[N+](CC)(CC)CCCC)cc1.[Br-]. The maximum Gasteiger partial charge on any atom is 0.259 e. The van der Waals surface area contributed by atoms with Crippen LogP contribution in [0.1, 0.15) is 83.0 Å². The lowest BCUT2D eigenvalue weighted by Gasteiger charge is -2.37. The minimum absolute atomic E-state index is 0. The molecule has 220 valence electrons. The standard InChI is InChI=1S/C30H47N3O4S.BrH/c1-5-9-11-12-15-25-37-29-17-14-13-16-28(29)30(34)32-26-18-20-27(21-19-26)38(35,36)31-22-24-33(7-3,8-4)23-10-6-2;/h13-14,16-21,31H,5-12,15,22-25H2,1-4H3;1H. The number of halogens is 1. The summed E-state index contributed by atoms with van der Waals surface area (Å²) in [7, 11) is -3.64. The van der Waals surface area contributed by atoms with E-state index in [1.165, 1.54) is 31.4 Å². The van der Waals surface area contributed by atoms with Crippen molar-refractivity contribution in [2.45, 2.75) is 77.5 Å². The molecular formula is C30H48BrN3O4S. The second-order valence-corrected chi connectivity index (χ2v) is 11.7. The molecule has 0 atom stereocenters. The summed E-state index contributed by atoms with van der Waals surface area (Å²) < 4.78 is 35.3. The Morgan fingerprint density at radius 1 is 0.821 bits per heavy atom. The van der Waals surface area contributed by atoms with Gasteiger partial charge in [0.1, 0.15) is 5.75 Å². The molecule has 2 rings (SSSR count). The van der Waals surface area contributed by atoms with Crippen molar-refractivity contribution in [2.75, 3.05) is 44.6 Å². The van der Waals surface area contributed by atoms with Crippen LogP contribution < -0.4 is 31.8 Å². The topological polar surface area (TPSA) is 84.5 Å². The fourth-order valence-electron chi connectivity index (χ4n) is 4.55. The van der Waals surface area contributed by atoms with Crippen LogP contribution in [-0.4, -0.2) is 58.1 Å². The van der Waals surface area contributed by atoms with Crippen molar-refractivity contribution in [2.24, 2.45) is 0 Å². The number of quaternary nitrogens is 1. The van der Waals surface area contributed by atoms with E-state index in [0.29, 0.717) is 30.2 Å². The third-order valence-electron chi connectivity index (χ3n) is 7.27. The van der Waals surface area contributed by atoms with E-state index in [2.05, 4.69) is 37.7 Å². The Hall–Kier alpha value is -1.94. The average molecular weight is 627 g/mol. The van der Waals surface area contributed by atoms with Gasteiger partial charge in [0.15, 0.2) is 0 Å². The van der Waals surface area contributed by atoms with Crippen LogP contribution in [0, 0.1) is 0 Å². The highest BCUT2D eigenvalue weighted by Gasteiger charge is 2.23. The predicted octanol–water partition coefficient (Wildman–Crippen LogP) is 3.23. The number of unbranched alkanes of at least 4 members (excludes halogenated alkanes) is 5. The Morgan fingerprint density at radius 2 is 1.46 bits per heavy atom. The van der Waals surface area contributed by atoms with Gasteiger partial charge < -0.3 is 31.5 Å². The number of para-hydroxylation sites is 1. The number of nitrogens with one attached hydrogen (secondary N) is 2. The molecule has 39 heavy (non-hydrogen) atoms. The summed E-state index contributed by atoms with van der Waals surface area (Å²) in [5.74, 6) is 0.261. The molecule has 0 heterocycles. The molecule has 1 amide bonds. The van der Waals surface area contributed by atoms with Crippen molar-refractivity contribution in [3.63, 3.8) is 0 Å². The number of hydrogen-bond acceptors (Lipinski definition) is 4. The maximum atomic E-state index is 12.9. The molecule has 2 aromatic rings. The molecule has 0 unspecified atom stereocenters. The number of hydrogen-bond donors (Lipinski definition) is 2. The first kappa shape index (κ1) is 35.1. The number of anilines is 1. The van der Waals surface area contributed by atoms with Crippen LogP contribution in [0.15, 0.2) is 53.4 Å². The molecule has 0 spiro atoms. The first-order valence-electron chi connectivity index (χ1n) is 14.3. The highest BCUT2D eigenvalue weighted by Crippen LogP contribution is 2.21. The molecule has 0 aliphatic carbocycles. The highest BCUT2D eigenvalue weighted by atomic mass is 79.9. The summed E-state index contributed by atoms with van der Waals surface area (Å²) in [6.07, 6.45) is 7.96. The second kappa shape index (κ2) is 18.4. The minimum atomic E-state index is -3.64. The lowest BCUT2D eigenvalue weighted by Crippen LogP contribution is -3.00. The van der Waals surface area contributed by atoms with E-state index in [9.17, 15) is 13.2 Å². The van der Waals surface area contributed by atoms with Gasteiger partial charge in [-0.15, -0.1) is 0 Å². The van der Waals surface area contributed by atoms with Gasteiger partial charge in [0, 0.05) is 5.69 Å². The zero-order chi connectivity index (χ0) is 27.9. The van der Waals surface area contributed by atoms with Gasteiger partial charge in [0.05, 0.1) is 49.8 Å². The van der Waals surface area contributed by atoms with Crippen LogP contribution in [0.4, 0.5) is 5.69 Å². The van der Waals surface area contributed by atoms with Crippen molar-refractivity contribution in [1.82, 2.24) is 4.72 Å². The second-order valence-electron chi connectivity index (χ2n) is 9.91. The monoisotopic (exact) mass is 625 g/mol. The minimum Gasteiger partial charge on any atom is -1.00 e. The van der Waals surface area contributed by atoms with Crippen molar-refractivity contribution < 1.29 is 39.4 Å². The van der Waals surface area contributed by atoms with E-state index < -0.39 is 10.0 Å². The smallest absolute Gasteiger partial charge is 0.259 e. The van der Waals surface area contributed by atoms with Gasteiger partial charge in [0.2, 0.25) is 10.0 Å². The molecule has 2 N–H and O–H groups in total. The molecule has 9 heteroatoms. The van der Waals surface area contributed by atoms with Crippen molar-refractivity contribution >= 4 is 21.6 Å². The zero-order valence-corrected chi connectivity index (χ0v) is 26.6. The Morgan fingerprint density at radius 3 is 2.10 bits per heavy atom. The Balaban J connectivity index is 0.00000760. The summed E-state index contributed by atoms with van der Waals surface area (Å²) in [5.41, 5.74) is 0.978. The van der Waals surface area contributed by atoms with Gasteiger partial charge in [-0.3, -0.25) is 4.79 Å². The van der Waals surface area contributed by atoms with Crippen LogP contribution >= 0.6 is 0 Å². The van der Waals surface area contributed by atoms with Crippen LogP contribution in [0.25, 0.3) is 0 Å². The summed E-state index contributed by atoms with van der Waals surface area (Å²) in [6.45, 7) is 13.5. The van der Waals surface area contributed by atoms with Crippen molar-refractivity contribution in [3.8, 4) is 5.75 Å². The molecule has 0 saturated carbocycles. The summed E-state index contributed by atoms with van der Waals surface area (Å²) >= 11 is 0. The molecule has 0 radical (unpaired) electrons. The largest absolute Gasteiger partial charge is 1.00 e. The molecule has 7 nitrogen and oxygen atoms in total. The van der Waals surface area contributed by atoms with Crippen LogP contribution in [0.2, 0.25) is 0 Å². The average Bonchev–Trinajstić information content (AvgIpc) is 2.93. The van der Waals surface area contributed by atoms with E-state index in [1.807, 2.05) is 6.07 Å². The van der Waals surface area contributed by atoms with Crippen LogP contribution in [0.5, 0.6) is 5.75 Å². The number of likely N-dealkylation sites (N-methyl/N-ethyl adjacent to an activating group) is 1. The van der Waals surface area contributed by atoms with Gasteiger partial charge >= 0.3 is 0 Å². The quantitative estimate of drug-likeness (QED) is 0.185. The summed E-state index contributed by atoms with van der Waals surface area (Å²) in [4.78, 5) is 13.1. The van der Waals surface area contributed by atoms with Gasteiger partial charge in [-0.05, 0) is 63.1 Å². The van der Waals surface area contributed by atoms with Crippen LogP contribution in [-0.2, 0) is 10.0 Å². The Bertz CT molecular complexity index is 1070. The summed E-state index contributed by atoms with van der Waals surface area (Å²) in [5, 5.41) is 2.86. The number of amides is 1. The molecule has 0 saturated heterocycles. The third kappa shape index (κ3) is 11.6. The fourth-order valence-corrected chi connectivity index (χ4v) is 5.57. The van der Waals surface area contributed by atoms with Crippen molar-refractivity contribution in [1.29, 1.82) is 0 Å². The van der Waals surface area contributed by atoms with E-state index in [0.717, 1.165) is 56.3 Å². The molecule has 0 aliphatic heterocycles. The molecule has 0 aliphatic rings. The number of sulfonamides is 1. The number of nitrogens with zero attached hydrogens (tertiary/aromatic N) is 1. The molecule has 0 aromatic heterocycles. The van der Waals surface area contributed by atoms with Gasteiger partial charge in [-0.2, -0.15) is 0 Å². The molecular weight excluding hydrogens is 578 g/mol. The molecule has 0 fully saturated rings. The maximum absolute atomic E-state index is 12.9. The third-order valence-corrected chi connectivity index (χ3v) is 8.74. The number of rotatable bonds is 19. The lowest BCUT2D eigenvalue weighted by atomic mass is 10.1. The zero-order valence-electron chi connectivity index (χ0n) is 24.2.